The number of rotatable bonds is 5. The number of hydrogen-bond donors (Lipinski definition) is 1. The second-order valence-corrected chi connectivity index (χ2v) is 5.26. The van der Waals surface area contributed by atoms with Crippen LogP contribution in [0.1, 0.15) is 22.9 Å². The Balaban J connectivity index is 1.92. The van der Waals surface area contributed by atoms with Gasteiger partial charge >= 0.3 is 0 Å². The molecule has 0 radical (unpaired) electrons. The molecule has 1 aromatic heterocycles. The minimum atomic E-state index is -0.297. The minimum absolute atomic E-state index is 0.0501. The van der Waals surface area contributed by atoms with Crippen molar-refractivity contribution in [2.45, 2.75) is 13.0 Å². The van der Waals surface area contributed by atoms with Gasteiger partial charge in [-0.3, -0.25) is 4.99 Å². The van der Waals surface area contributed by atoms with Crippen LogP contribution in [0.4, 0.5) is 0 Å². The van der Waals surface area contributed by atoms with Gasteiger partial charge in [-0.25, -0.2) is 0 Å². The number of aryl methyl sites for hydroxylation is 1. The van der Waals surface area contributed by atoms with E-state index in [2.05, 4.69) is 10.1 Å². The van der Waals surface area contributed by atoms with Crippen LogP contribution in [0.5, 0.6) is 0 Å². The largest absolute Gasteiger partial charge is 0.394 e. The molecule has 0 aliphatic rings. The zero-order chi connectivity index (χ0) is 16.1. The quantitative estimate of drug-likeness (QED) is 0.729. The maximum absolute atomic E-state index is 9.61. The Morgan fingerprint density at radius 3 is 2.39 bits per heavy atom. The number of benzene rings is 2. The van der Waals surface area contributed by atoms with Gasteiger partial charge in [-0.1, -0.05) is 65.8 Å². The minimum Gasteiger partial charge on any atom is -0.394 e. The van der Waals surface area contributed by atoms with E-state index in [-0.39, 0.29) is 12.6 Å². The Morgan fingerprint density at radius 2 is 1.74 bits per heavy atom. The summed E-state index contributed by atoms with van der Waals surface area (Å²) >= 11 is 0. The van der Waals surface area contributed by atoms with E-state index in [4.69, 9.17) is 4.52 Å². The Morgan fingerprint density at radius 1 is 1.09 bits per heavy atom. The molecule has 0 amide bonds. The fourth-order valence-corrected chi connectivity index (χ4v) is 2.40. The molecule has 2 aromatic carbocycles. The first kappa shape index (κ1) is 15.2. The highest BCUT2D eigenvalue weighted by atomic mass is 16.5. The molecule has 0 fully saturated rings. The van der Waals surface area contributed by atoms with Crippen molar-refractivity contribution in [2.75, 3.05) is 6.61 Å². The maximum atomic E-state index is 9.61. The van der Waals surface area contributed by atoms with Gasteiger partial charge < -0.3 is 9.63 Å². The standard InChI is InChI=1S/C19H18N2O2/c1-14-17(19(23-21-14)16-10-6-3-7-11-16)12-20-18(13-22)15-8-4-2-5-9-15/h2-12,18,22H,13H2,1H3/t18-/m1/s1. The Bertz CT molecular complexity index is 780. The fraction of sp³-hybridized carbons (Fsp3) is 0.158. The average molecular weight is 306 g/mol. The van der Waals surface area contributed by atoms with Gasteiger partial charge in [0.1, 0.15) is 0 Å². The lowest BCUT2D eigenvalue weighted by atomic mass is 10.1. The molecule has 1 N–H and O–H groups in total. The molecule has 0 aliphatic heterocycles. The van der Waals surface area contributed by atoms with Gasteiger partial charge in [0, 0.05) is 11.8 Å². The highest BCUT2D eigenvalue weighted by Gasteiger charge is 2.14. The summed E-state index contributed by atoms with van der Waals surface area (Å²) in [6.07, 6.45) is 1.74. The molecule has 0 aliphatic carbocycles. The first-order valence-corrected chi connectivity index (χ1v) is 7.50. The lowest BCUT2D eigenvalue weighted by Crippen LogP contribution is -2.02. The molecule has 0 spiro atoms. The van der Waals surface area contributed by atoms with Gasteiger partial charge in [0.05, 0.1) is 23.9 Å². The molecule has 4 heteroatoms. The monoisotopic (exact) mass is 306 g/mol. The number of aliphatic imine (C=N–C) groups is 1. The summed E-state index contributed by atoms with van der Waals surface area (Å²) in [5.74, 6) is 0.691. The Labute approximate surface area is 135 Å². The molecule has 0 saturated carbocycles. The van der Waals surface area contributed by atoms with Crippen LogP contribution in [0.25, 0.3) is 11.3 Å². The zero-order valence-electron chi connectivity index (χ0n) is 12.9. The van der Waals surface area contributed by atoms with E-state index >= 15 is 0 Å². The van der Waals surface area contributed by atoms with Crippen LogP contribution in [0.15, 0.2) is 70.2 Å². The molecule has 1 atom stereocenters. The van der Waals surface area contributed by atoms with E-state index in [0.29, 0.717) is 5.76 Å². The smallest absolute Gasteiger partial charge is 0.175 e. The third-order valence-electron chi connectivity index (χ3n) is 3.69. The highest BCUT2D eigenvalue weighted by Crippen LogP contribution is 2.25. The molecule has 0 saturated heterocycles. The number of aliphatic hydroxyl groups excluding tert-OH is 1. The lowest BCUT2D eigenvalue weighted by molar-refractivity contribution is 0.269. The second-order valence-electron chi connectivity index (χ2n) is 5.26. The van der Waals surface area contributed by atoms with Crippen LogP contribution >= 0.6 is 0 Å². The Hall–Kier alpha value is -2.72. The summed E-state index contributed by atoms with van der Waals surface area (Å²) in [4.78, 5) is 4.53. The van der Waals surface area contributed by atoms with Gasteiger partial charge in [0.2, 0.25) is 0 Å². The van der Waals surface area contributed by atoms with Crippen LogP contribution in [0.2, 0.25) is 0 Å². The molecule has 1 heterocycles. The van der Waals surface area contributed by atoms with E-state index < -0.39 is 0 Å². The third-order valence-corrected chi connectivity index (χ3v) is 3.69. The van der Waals surface area contributed by atoms with Crippen molar-refractivity contribution in [3.63, 3.8) is 0 Å². The van der Waals surface area contributed by atoms with E-state index in [1.807, 2.05) is 67.6 Å². The van der Waals surface area contributed by atoms with Crippen molar-refractivity contribution < 1.29 is 9.63 Å². The van der Waals surface area contributed by atoms with Gasteiger partial charge in [0.25, 0.3) is 0 Å². The summed E-state index contributed by atoms with van der Waals surface area (Å²) in [5, 5.41) is 13.7. The van der Waals surface area contributed by atoms with Gasteiger partial charge in [-0.05, 0) is 12.5 Å². The van der Waals surface area contributed by atoms with Crippen molar-refractivity contribution >= 4 is 6.21 Å². The second kappa shape index (κ2) is 7.03. The number of nitrogens with zero attached hydrogens (tertiary/aromatic N) is 2. The zero-order valence-corrected chi connectivity index (χ0v) is 12.9. The third kappa shape index (κ3) is 3.38. The van der Waals surface area contributed by atoms with E-state index in [1.54, 1.807) is 6.21 Å². The van der Waals surface area contributed by atoms with E-state index in [1.165, 1.54) is 0 Å². The average Bonchev–Trinajstić information content (AvgIpc) is 2.98. The van der Waals surface area contributed by atoms with Gasteiger partial charge in [-0.2, -0.15) is 0 Å². The SMILES string of the molecule is Cc1noc(-c2ccccc2)c1C=N[C@H](CO)c1ccccc1. The van der Waals surface area contributed by atoms with Gasteiger partial charge in [0.15, 0.2) is 5.76 Å². The number of aromatic nitrogens is 1. The highest BCUT2D eigenvalue weighted by molar-refractivity contribution is 5.89. The molecule has 116 valence electrons. The molecular formula is C19H18N2O2. The number of hydrogen-bond acceptors (Lipinski definition) is 4. The number of aliphatic hydroxyl groups is 1. The fourth-order valence-electron chi connectivity index (χ4n) is 2.40. The molecule has 0 bridgehead atoms. The van der Waals surface area contributed by atoms with Crippen molar-refractivity contribution in [1.82, 2.24) is 5.16 Å². The molecule has 3 rings (SSSR count). The summed E-state index contributed by atoms with van der Waals surface area (Å²) in [6.45, 7) is 1.83. The van der Waals surface area contributed by atoms with Crippen LogP contribution < -0.4 is 0 Å². The summed E-state index contributed by atoms with van der Waals surface area (Å²) < 4.78 is 5.45. The topological polar surface area (TPSA) is 58.6 Å². The lowest BCUT2D eigenvalue weighted by Gasteiger charge is -2.09. The van der Waals surface area contributed by atoms with Crippen molar-refractivity contribution in [3.05, 3.63) is 77.5 Å². The molecule has 0 unspecified atom stereocenters. The summed E-state index contributed by atoms with van der Waals surface area (Å²) in [6, 6.07) is 19.2. The van der Waals surface area contributed by atoms with Crippen molar-refractivity contribution in [2.24, 2.45) is 4.99 Å². The van der Waals surface area contributed by atoms with Crippen LogP contribution in [-0.4, -0.2) is 23.1 Å². The van der Waals surface area contributed by atoms with Gasteiger partial charge in [-0.15, -0.1) is 0 Å². The predicted molar refractivity (Wildman–Crippen MR) is 90.5 cm³/mol. The summed E-state index contributed by atoms with van der Waals surface area (Å²) in [5.41, 5.74) is 3.54. The van der Waals surface area contributed by atoms with E-state index in [9.17, 15) is 5.11 Å². The molecule has 3 aromatic rings. The predicted octanol–water partition coefficient (Wildman–Crippen LogP) is 3.80. The normalized spacial score (nSPS) is 12.6. The summed E-state index contributed by atoms with van der Waals surface area (Å²) in [7, 11) is 0. The maximum Gasteiger partial charge on any atom is 0.175 e. The molecular weight excluding hydrogens is 288 g/mol. The van der Waals surface area contributed by atoms with Crippen molar-refractivity contribution in [3.8, 4) is 11.3 Å². The first-order valence-electron chi connectivity index (χ1n) is 7.50. The molecule has 4 nitrogen and oxygen atoms in total. The van der Waals surface area contributed by atoms with Crippen LogP contribution in [0, 0.1) is 6.92 Å². The Kier molecular flexibility index (Phi) is 4.64. The molecule has 23 heavy (non-hydrogen) atoms. The first-order chi connectivity index (χ1) is 11.3. The van der Waals surface area contributed by atoms with E-state index in [0.717, 1.165) is 22.4 Å². The van der Waals surface area contributed by atoms with Crippen LogP contribution in [0.3, 0.4) is 0 Å². The van der Waals surface area contributed by atoms with Crippen LogP contribution in [-0.2, 0) is 0 Å². The van der Waals surface area contributed by atoms with Crippen molar-refractivity contribution in [1.29, 1.82) is 0 Å².